The summed E-state index contributed by atoms with van der Waals surface area (Å²) in [4.78, 5) is 29.2. The van der Waals surface area contributed by atoms with Gasteiger partial charge < -0.3 is 15.0 Å². The quantitative estimate of drug-likeness (QED) is 0.847. The van der Waals surface area contributed by atoms with Crippen LogP contribution in [0.2, 0.25) is 5.02 Å². The minimum atomic E-state index is -0.275. The molecule has 3 rings (SSSR count). The summed E-state index contributed by atoms with van der Waals surface area (Å²) in [7, 11) is 0. The monoisotopic (exact) mass is 379 g/mol. The number of ether oxygens (including phenoxy) is 1. The van der Waals surface area contributed by atoms with Crippen LogP contribution in [0, 0.1) is 0 Å². The number of rotatable bonds is 5. The van der Waals surface area contributed by atoms with Gasteiger partial charge in [0.05, 0.1) is 19.8 Å². The van der Waals surface area contributed by atoms with Crippen molar-refractivity contribution in [2.45, 2.75) is 25.3 Å². The largest absolute Gasteiger partial charge is 0.379 e. The Morgan fingerprint density at radius 3 is 2.77 bits per heavy atom. The minimum absolute atomic E-state index is 0.0154. The summed E-state index contributed by atoms with van der Waals surface area (Å²) in [5, 5.41) is 3.23. The van der Waals surface area contributed by atoms with E-state index >= 15 is 0 Å². The van der Waals surface area contributed by atoms with Crippen LogP contribution < -0.4 is 5.32 Å². The number of halogens is 1. The molecular weight excluding hydrogens is 354 g/mol. The molecule has 6 nitrogen and oxygen atoms in total. The van der Waals surface area contributed by atoms with Crippen molar-refractivity contribution in [1.82, 2.24) is 15.1 Å². The van der Waals surface area contributed by atoms with Crippen LogP contribution in [-0.2, 0) is 9.53 Å². The highest BCUT2D eigenvalue weighted by Crippen LogP contribution is 2.19. The first-order valence-corrected chi connectivity index (χ1v) is 9.64. The van der Waals surface area contributed by atoms with Gasteiger partial charge in [0.2, 0.25) is 5.91 Å². The van der Waals surface area contributed by atoms with Crippen molar-refractivity contribution in [3.63, 3.8) is 0 Å². The number of nitrogens with one attached hydrogen (secondary N) is 1. The summed E-state index contributed by atoms with van der Waals surface area (Å²) in [5.41, 5.74) is 0.466. The van der Waals surface area contributed by atoms with Crippen LogP contribution in [0.5, 0.6) is 0 Å². The number of amides is 2. The summed E-state index contributed by atoms with van der Waals surface area (Å²) in [6.45, 7) is 5.03. The number of hydrogen-bond acceptors (Lipinski definition) is 4. The topological polar surface area (TPSA) is 61.9 Å². The number of carbonyl (C=O) groups excluding carboxylic acids is 2. The van der Waals surface area contributed by atoms with Crippen LogP contribution in [0.4, 0.5) is 0 Å². The summed E-state index contributed by atoms with van der Waals surface area (Å²) in [6.07, 6.45) is 3.19. The highest BCUT2D eigenvalue weighted by Gasteiger charge is 2.28. The average Bonchev–Trinajstić information content (AvgIpc) is 2.67. The fourth-order valence-corrected chi connectivity index (χ4v) is 3.78. The molecule has 1 unspecified atom stereocenters. The second-order valence-electron chi connectivity index (χ2n) is 6.84. The number of likely N-dealkylation sites (tertiary alicyclic amines) is 1. The van der Waals surface area contributed by atoms with E-state index in [2.05, 4.69) is 10.2 Å². The van der Waals surface area contributed by atoms with Gasteiger partial charge in [-0.3, -0.25) is 14.5 Å². The van der Waals surface area contributed by atoms with E-state index in [4.69, 9.17) is 16.3 Å². The lowest BCUT2D eigenvalue weighted by molar-refractivity contribution is -0.134. The standard InChI is InChI=1S/C19H26ClN3O3/c20-16-5-3-4-15(12-16)19(25)21-13-18(24)23-7-2-1-6-17(23)14-22-8-10-26-11-9-22/h3-5,12,17H,1-2,6-11,13-14H2,(H,21,25). The second-order valence-corrected chi connectivity index (χ2v) is 7.28. The molecule has 0 radical (unpaired) electrons. The van der Waals surface area contributed by atoms with E-state index in [0.717, 1.165) is 58.7 Å². The lowest BCUT2D eigenvalue weighted by Gasteiger charge is -2.39. The Morgan fingerprint density at radius 2 is 2.00 bits per heavy atom. The second kappa shape index (κ2) is 9.35. The van der Waals surface area contributed by atoms with Crippen LogP contribution in [0.25, 0.3) is 0 Å². The van der Waals surface area contributed by atoms with Crippen LogP contribution in [0.1, 0.15) is 29.6 Å². The van der Waals surface area contributed by atoms with Crippen molar-refractivity contribution in [2.24, 2.45) is 0 Å². The van der Waals surface area contributed by atoms with Crippen LogP contribution >= 0.6 is 11.6 Å². The molecule has 2 aliphatic rings. The smallest absolute Gasteiger partial charge is 0.251 e. The van der Waals surface area contributed by atoms with Gasteiger partial charge in [-0.05, 0) is 37.5 Å². The number of carbonyl (C=O) groups is 2. The van der Waals surface area contributed by atoms with E-state index in [1.54, 1.807) is 24.3 Å². The van der Waals surface area contributed by atoms with E-state index in [9.17, 15) is 9.59 Å². The predicted molar refractivity (Wildman–Crippen MR) is 100 cm³/mol. The van der Waals surface area contributed by atoms with Crippen LogP contribution in [-0.4, -0.2) is 73.6 Å². The molecule has 1 aromatic carbocycles. The normalized spacial score (nSPS) is 21.4. The van der Waals surface area contributed by atoms with Gasteiger partial charge in [0.1, 0.15) is 0 Å². The average molecular weight is 380 g/mol. The molecule has 1 N–H and O–H groups in total. The Morgan fingerprint density at radius 1 is 1.19 bits per heavy atom. The maximum absolute atomic E-state index is 12.7. The zero-order valence-corrected chi connectivity index (χ0v) is 15.7. The molecule has 2 saturated heterocycles. The van der Waals surface area contributed by atoms with E-state index < -0.39 is 0 Å². The van der Waals surface area contributed by atoms with E-state index in [1.807, 2.05) is 4.90 Å². The van der Waals surface area contributed by atoms with Crippen LogP contribution in [0.15, 0.2) is 24.3 Å². The van der Waals surface area contributed by atoms with E-state index in [-0.39, 0.29) is 24.4 Å². The minimum Gasteiger partial charge on any atom is -0.379 e. The molecule has 0 bridgehead atoms. The van der Waals surface area contributed by atoms with Gasteiger partial charge in [-0.1, -0.05) is 17.7 Å². The summed E-state index contributed by atoms with van der Waals surface area (Å²) < 4.78 is 5.40. The fraction of sp³-hybridized carbons (Fsp3) is 0.579. The molecule has 2 fully saturated rings. The Labute approximate surface area is 159 Å². The van der Waals surface area contributed by atoms with Gasteiger partial charge in [0.15, 0.2) is 0 Å². The van der Waals surface area contributed by atoms with Gasteiger partial charge in [0, 0.05) is 42.8 Å². The maximum atomic E-state index is 12.7. The molecule has 0 aliphatic carbocycles. The van der Waals surface area contributed by atoms with Crippen molar-refractivity contribution < 1.29 is 14.3 Å². The lowest BCUT2D eigenvalue weighted by atomic mass is 10.0. The van der Waals surface area contributed by atoms with Gasteiger partial charge in [-0.2, -0.15) is 0 Å². The summed E-state index contributed by atoms with van der Waals surface area (Å²) in [6, 6.07) is 6.95. The van der Waals surface area contributed by atoms with Crippen molar-refractivity contribution in [2.75, 3.05) is 45.9 Å². The number of benzene rings is 1. The Balaban J connectivity index is 1.53. The lowest BCUT2D eigenvalue weighted by Crippen LogP contribution is -2.53. The van der Waals surface area contributed by atoms with Gasteiger partial charge >= 0.3 is 0 Å². The highest BCUT2D eigenvalue weighted by atomic mass is 35.5. The Kier molecular flexibility index (Phi) is 6.88. The van der Waals surface area contributed by atoms with E-state index in [0.29, 0.717) is 10.6 Å². The molecule has 26 heavy (non-hydrogen) atoms. The molecule has 1 atom stereocenters. The zero-order chi connectivity index (χ0) is 18.4. The number of morpholine rings is 1. The number of nitrogens with zero attached hydrogens (tertiary/aromatic N) is 2. The first kappa shape index (κ1) is 19.1. The summed E-state index contributed by atoms with van der Waals surface area (Å²) in [5.74, 6) is -0.291. The SMILES string of the molecule is O=C(NCC(=O)N1CCCCC1CN1CCOCC1)c1cccc(Cl)c1. The zero-order valence-electron chi connectivity index (χ0n) is 15.0. The third-order valence-corrected chi connectivity index (χ3v) is 5.24. The molecule has 2 amide bonds. The first-order valence-electron chi connectivity index (χ1n) is 9.27. The fourth-order valence-electron chi connectivity index (χ4n) is 3.59. The van der Waals surface area contributed by atoms with Gasteiger partial charge in [0.25, 0.3) is 5.91 Å². The van der Waals surface area contributed by atoms with Gasteiger partial charge in [-0.25, -0.2) is 0 Å². The molecule has 1 aromatic rings. The van der Waals surface area contributed by atoms with Crippen molar-refractivity contribution in [3.8, 4) is 0 Å². The predicted octanol–water partition coefficient (Wildman–Crippen LogP) is 1.78. The summed E-state index contributed by atoms with van der Waals surface area (Å²) >= 11 is 5.92. The maximum Gasteiger partial charge on any atom is 0.251 e. The molecular formula is C19H26ClN3O3. The molecule has 2 heterocycles. The Bertz CT molecular complexity index is 634. The molecule has 2 aliphatic heterocycles. The third-order valence-electron chi connectivity index (χ3n) is 5.01. The first-order chi connectivity index (χ1) is 12.6. The molecule has 0 spiro atoms. The van der Waals surface area contributed by atoms with Crippen LogP contribution in [0.3, 0.4) is 0 Å². The van der Waals surface area contributed by atoms with Crippen molar-refractivity contribution >= 4 is 23.4 Å². The van der Waals surface area contributed by atoms with Gasteiger partial charge in [-0.15, -0.1) is 0 Å². The number of hydrogen-bond donors (Lipinski definition) is 1. The molecule has 7 heteroatoms. The van der Waals surface area contributed by atoms with Crippen molar-refractivity contribution in [3.05, 3.63) is 34.9 Å². The van der Waals surface area contributed by atoms with E-state index in [1.165, 1.54) is 0 Å². The Hall–Kier alpha value is -1.63. The highest BCUT2D eigenvalue weighted by molar-refractivity contribution is 6.30. The molecule has 0 aromatic heterocycles. The third kappa shape index (κ3) is 5.19. The number of piperidine rings is 1. The van der Waals surface area contributed by atoms with Crippen molar-refractivity contribution in [1.29, 1.82) is 0 Å². The molecule has 142 valence electrons. The molecule has 0 saturated carbocycles.